The highest BCUT2D eigenvalue weighted by atomic mass is 127. The minimum atomic E-state index is 0. The first-order valence-electron chi connectivity index (χ1n) is 10.0. The third-order valence-electron chi connectivity index (χ3n) is 4.88. The predicted octanol–water partition coefficient (Wildman–Crippen LogP) is 3.89. The highest BCUT2D eigenvalue weighted by Crippen LogP contribution is 2.20. The summed E-state index contributed by atoms with van der Waals surface area (Å²) in [6, 6.07) is 10.3. The molecule has 1 aliphatic carbocycles. The number of aliphatic imine (C=N–C) groups is 1. The fourth-order valence-corrected chi connectivity index (χ4v) is 3.40. The standard InChI is InChI=1S/C21H31N5O.HI/c1-22-21(23-12-7-15-27-20-10-3-2-4-11-20)24-17-18-8-5-9-19(16-18)26-14-6-13-25-26;/h5-6,8-9,13-14,16,20H,2-4,7,10-12,15,17H2,1H3,(H2,22,23,24);1H. The van der Waals surface area contributed by atoms with Crippen molar-refractivity contribution in [3.63, 3.8) is 0 Å². The van der Waals surface area contributed by atoms with Crippen LogP contribution in [0, 0.1) is 0 Å². The first-order chi connectivity index (χ1) is 13.3. The number of guanidine groups is 1. The summed E-state index contributed by atoms with van der Waals surface area (Å²) in [4.78, 5) is 4.30. The van der Waals surface area contributed by atoms with Crippen molar-refractivity contribution in [3.05, 3.63) is 48.3 Å². The number of rotatable bonds is 8. The van der Waals surface area contributed by atoms with E-state index < -0.39 is 0 Å². The second-order valence-corrected chi connectivity index (χ2v) is 6.96. The maximum Gasteiger partial charge on any atom is 0.191 e. The maximum absolute atomic E-state index is 5.97. The van der Waals surface area contributed by atoms with E-state index in [2.05, 4.69) is 38.9 Å². The fraction of sp³-hybridized carbons (Fsp3) is 0.524. The summed E-state index contributed by atoms with van der Waals surface area (Å²) in [6.45, 7) is 2.40. The second kappa shape index (κ2) is 12.8. The largest absolute Gasteiger partial charge is 0.378 e. The Hall–Kier alpha value is -1.61. The normalized spacial score (nSPS) is 15.1. The van der Waals surface area contributed by atoms with Crippen LogP contribution in [0.15, 0.2) is 47.7 Å². The van der Waals surface area contributed by atoms with E-state index in [4.69, 9.17) is 4.74 Å². The number of nitrogens with zero attached hydrogens (tertiary/aromatic N) is 3. The lowest BCUT2D eigenvalue weighted by molar-refractivity contribution is 0.0277. The molecule has 2 N–H and O–H groups in total. The van der Waals surface area contributed by atoms with Gasteiger partial charge in [-0.1, -0.05) is 31.4 Å². The molecule has 28 heavy (non-hydrogen) atoms. The van der Waals surface area contributed by atoms with Crippen LogP contribution in [0.3, 0.4) is 0 Å². The van der Waals surface area contributed by atoms with Crippen LogP contribution >= 0.6 is 24.0 Å². The number of halogens is 1. The summed E-state index contributed by atoms with van der Waals surface area (Å²) in [5.74, 6) is 0.817. The summed E-state index contributed by atoms with van der Waals surface area (Å²) in [6.07, 6.45) is 11.7. The molecule has 7 heteroatoms. The molecule has 0 spiro atoms. The van der Waals surface area contributed by atoms with Crippen molar-refractivity contribution < 1.29 is 4.74 Å². The molecule has 0 saturated heterocycles. The smallest absolute Gasteiger partial charge is 0.191 e. The quantitative estimate of drug-likeness (QED) is 0.252. The molecule has 0 bridgehead atoms. The van der Waals surface area contributed by atoms with E-state index in [0.29, 0.717) is 12.6 Å². The first kappa shape index (κ1) is 22.7. The molecule has 1 aromatic heterocycles. The lowest BCUT2D eigenvalue weighted by Crippen LogP contribution is -2.37. The van der Waals surface area contributed by atoms with Crippen LogP contribution in [0.5, 0.6) is 0 Å². The van der Waals surface area contributed by atoms with E-state index in [1.54, 1.807) is 13.2 Å². The van der Waals surface area contributed by atoms with Gasteiger partial charge in [-0.2, -0.15) is 5.10 Å². The van der Waals surface area contributed by atoms with Gasteiger partial charge < -0.3 is 15.4 Å². The van der Waals surface area contributed by atoms with Crippen LogP contribution in [-0.4, -0.2) is 42.0 Å². The van der Waals surface area contributed by atoms with Crippen LogP contribution < -0.4 is 10.6 Å². The van der Waals surface area contributed by atoms with Gasteiger partial charge in [-0.15, -0.1) is 24.0 Å². The van der Waals surface area contributed by atoms with E-state index in [1.165, 1.54) is 37.7 Å². The summed E-state index contributed by atoms with van der Waals surface area (Å²) in [5, 5.41) is 11.0. The Bertz CT molecular complexity index is 699. The Kier molecular flexibility index (Phi) is 10.3. The summed E-state index contributed by atoms with van der Waals surface area (Å²) in [5.41, 5.74) is 2.24. The zero-order valence-corrected chi connectivity index (χ0v) is 19.0. The number of hydrogen-bond acceptors (Lipinski definition) is 3. The lowest BCUT2D eigenvalue weighted by atomic mass is 9.98. The average molecular weight is 497 g/mol. The van der Waals surface area contributed by atoms with Crippen LogP contribution in [0.25, 0.3) is 5.69 Å². The monoisotopic (exact) mass is 497 g/mol. The van der Waals surface area contributed by atoms with Gasteiger partial charge in [0.05, 0.1) is 11.8 Å². The molecule has 1 saturated carbocycles. The molecule has 0 atom stereocenters. The average Bonchev–Trinajstić information content (AvgIpc) is 3.26. The summed E-state index contributed by atoms with van der Waals surface area (Å²) < 4.78 is 7.83. The van der Waals surface area contributed by atoms with E-state index in [1.807, 2.05) is 23.0 Å². The fourth-order valence-electron chi connectivity index (χ4n) is 3.40. The number of benzene rings is 1. The molecular formula is C21H32IN5O. The number of aromatic nitrogens is 2. The van der Waals surface area contributed by atoms with E-state index >= 15 is 0 Å². The minimum Gasteiger partial charge on any atom is -0.378 e. The maximum atomic E-state index is 5.97. The zero-order valence-electron chi connectivity index (χ0n) is 16.6. The van der Waals surface area contributed by atoms with Crippen LogP contribution in [0.4, 0.5) is 0 Å². The van der Waals surface area contributed by atoms with Crippen molar-refractivity contribution in [1.82, 2.24) is 20.4 Å². The molecule has 2 aromatic rings. The number of ether oxygens (including phenoxy) is 1. The Morgan fingerprint density at radius 1 is 1.21 bits per heavy atom. The molecular weight excluding hydrogens is 465 g/mol. The van der Waals surface area contributed by atoms with Gasteiger partial charge in [0, 0.05) is 39.1 Å². The SMILES string of the molecule is CN=C(NCCCOC1CCCCC1)NCc1cccc(-n2cccn2)c1.I. The zero-order chi connectivity index (χ0) is 18.7. The predicted molar refractivity (Wildman–Crippen MR) is 125 cm³/mol. The van der Waals surface area contributed by atoms with Crippen LogP contribution in [0.1, 0.15) is 44.1 Å². The molecule has 154 valence electrons. The topological polar surface area (TPSA) is 63.5 Å². The minimum absolute atomic E-state index is 0. The molecule has 0 amide bonds. The molecule has 3 rings (SSSR count). The van der Waals surface area contributed by atoms with Gasteiger partial charge in [0.1, 0.15) is 0 Å². The Morgan fingerprint density at radius 2 is 2.07 bits per heavy atom. The number of hydrogen-bond donors (Lipinski definition) is 2. The van der Waals surface area contributed by atoms with Crippen LogP contribution in [0.2, 0.25) is 0 Å². The van der Waals surface area contributed by atoms with Crippen molar-refractivity contribution >= 4 is 29.9 Å². The second-order valence-electron chi connectivity index (χ2n) is 6.96. The van der Waals surface area contributed by atoms with Crippen LogP contribution in [-0.2, 0) is 11.3 Å². The Morgan fingerprint density at radius 3 is 2.82 bits per heavy atom. The van der Waals surface area contributed by atoms with Gasteiger partial charge in [0.25, 0.3) is 0 Å². The van der Waals surface area contributed by atoms with E-state index in [-0.39, 0.29) is 24.0 Å². The van der Waals surface area contributed by atoms with Crippen molar-refractivity contribution in [1.29, 1.82) is 0 Å². The van der Waals surface area contributed by atoms with Crippen molar-refractivity contribution in [3.8, 4) is 5.69 Å². The molecule has 0 radical (unpaired) electrons. The van der Waals surface area contributed by atoms with Gasteiger partial charge in [-0.3, -0.25) is 4.99 Å². The summed E-state index contributed by atoms with van der Waals surface area (Å²) in [7, 11) is 1.80. The van der Waals surface area contributed by atoms with Gasteiger partial charge >= 0.3 is 0 Å². The third kappa shape index (κ3) is 7.43. The first-order valence-corrected chi connectivity index (χ1v) is 10.0. The molecule has 0 aliphatic heterocycles. The van der Waals surface area contributed by atoms with Gasteiger partial charge in [-0.05, 0) is 43.0 Å². The van der Waals surface area contributed by atoms with E-state index in [9.17, 15) is 0 Å². The van der Waals surface area contributed by atoms with Crippen molar-refractivity contribution in [2.75, 3.05) is 20.2 Å². The molecule has 1 fully saturated rings. The van der Waals surface area contributed by atoms with Crippen molar-refractivity contribution in [2.24, 2.45) is 4.99 Å². The molecule has 0 unspecified atom stereocenters. The molecule has 1 aromatic carbocycles. The van der Waals surface area contributed by atoms with Gasteiger partial charge in [-0.25, -0.2) is 4.68 Å². The third-order valence-corrected chi connectivity index (χ3v) is 4.88. The van der Waals surface area contributed by atoms with E-state index in [0.717, 1.165) is 31.2 Å². The highest BCUT2D eigenvalue weighted by Gasteiger charge is 2.12. The summed E-state index contributed by atoms with van der Waals surface area (Å²) >= 11 is 0. The molecule has 1 heterocycles. The number of nitrogens with one attached hydrogen (secondary N) is 2. The Labute approximate surface area is 185 Å². The van der Waals surface area contributed by atoms with Crippen molar-refractivity contribution in [2.45, 2.75) is 51.2 Å². The molecule has 6 nitrogen and oxygen atoms in total. The molecule has 1 aliphatic rings. The van der Waals surface area contributed by atoms with Gasteiger partial charge in [0.2, 0.25) is 0 Å². The lowest BCUT2D eigenvalue weighted by Gasteiger charge is -2.22. The Balaban J connectivity index is 0.00000280. The highest BCUT2D eigenvalue weighted by molar-refractivity contribution is 14.0. The van der Waals surface area contributed by atoms with Gasteiger partial charge in [0.15, 0.2) is 5.96 Å².